The van der Waals surface area contributed by atoms with Gasteiger partial charge in [0.05, 0.1) is 24.1 Å². The van der Waals surface area contributed by atoms with Crippen molar-refractivity contribution in [2.24, 2.45) is 17.8 Å². The summed E-state index contributed by atoms with van der Waals surface area (Å²) in [6.45, 7) is 12.4. The van der Waals surface area contributed by atoms with Crippen LogP contribution in [0.5, 0.6) is 5.75 Å². The van der Waals surface area contributed by atoms with Gasteiger partial charge in [0.15, 0.2) is 18.0 Å². The highest BCUT2D eigenvalue weighted by Crippen LogP contribution is 2.50. The highest BCUT2D eigenvalue weighted by Gasteiger charge is 2.62. The van der Waals surface area contributed by atoms with Crippen LogP contribution in [-0.2, 0) is 47.2 Å². The molecule has 1 saturated carbocycles. The van der Waals surface area contributed by atoms with E-state index in [0.717, 1.165) is 0 Å². The second kappa shape index (κ2) is 19.6. The molecule has 20 heteroatoms. The number of nitrogen functional groups attached to an aromatic ring is 1. The molecule has 1 aliphatic heterocycles. The molecule has 0 spiro atoms. The van der Waals surface area contributed by atoms with E-state index in [1.165, 1.54) is 29.9 Å². The topological polar surface area (TPSA) is 254 Å². The van der Waals surface area contributed by atoms with Crippen molar-refractivity contribution in [2.45, 2.75) is 123 Å². The van der Waals surface area contributed by atoms with E-state index < -0.39 is 85.7 Å². The molecule has 1 saturated heterocycles. The zero-order valence-corrected chi connectivity index (χ0v) is 36.6. The molecule has 1 amide bonds. The van der Waals surface area contributed by atoms with Gasteiger partial charge in [0.1, 0.15) is 48.0 Å². The largest absolute Gasteiger partial charge is 0.464 e. The van der Waals surface area contributed by atoms with E-state index in [0.29, 0.717) is 31.2 Å². The molecule has 2 aliphatic rings. The van der Waals surface area contributed by atoms with Gasteiger partial charge in [-0.1, -0.05) is 45.9 Å². The number of amides is 1. The van der Waals surface area contributed by atoms with Crippen molar-refractivity contribution >= 4 is 43.1 Å². The fraction of sp³-hybridized carbons (Fsp3) is 0.585. The van der Waals surface area contributed by atoms with Gasteiger partial charge in [-0.2, -0.15) is 15.4 Å². The van der Waals surface area contributed by atoms with E-state index in [2.05, 4.69) is 20.5 Å². The first kappa shape index (κ1) is 46.8. The van der Waals surface area contributed by atoms with Crippen molar-refractivity contribution in [1.29, 1.82) is 5.26 Å². The standard InChI is InChI=1S/C41H56N7O12P/c1-24(2)36(49)56-33-32(30-18-19-31-35(43)44-23-45-48(30)31)58-41(21-42,34(33)57-37(50)25(3)4)22-55-61(53,60-29-12-10-9-11-13-29)47-26(5)38(51)54-20-27-14-16-28(17-15-27)46-39(52)59-40(6,7)8/h9-13,18-19,23-28,32-34H,14-17,20,22H2,1-8H3,(H,46,52)(H,47,53)(H2,43,44,45)/t26-,27?,28?,32-,33-,34-,41+,61?/m0/s1. The first-order chi connectivity index (χ1) is 28.7. The van der Waals surface area contributed by atoms with Gasteiger partial charge in [0.25, 0.3) is 0 Å². The molecular weight excluding hydrogens is 813 g/mol. The Hall–Kier alpha value is -5.28. The van der Waals surface area contributed by atoms with Crippen LogP contribution in [0.25, 0.3) is 5.52 Å². The number of hydrogen-bond donors (Lipinski definition) is 3. The summed E-state index contributed by atoms with van der Waals surface area (Å²) in [6, 6.07) is 11.9. The molecule has 2 fully saturated rings. The van der Waals surface area contributed by atoms with Crippen molar-refractivity contribution in [1.82, 2.24) is 25.0 Å². The number of benzene rings is 1. The smallest absolute Gasteiger partial charge is 0.459 e. The number of fused-ring (bicyclic) bond motifs is 1. The summed E-state index contributed by atoms with van der Waals surface area (Å²) in [6.07, 6.45) is -0.988. The van der Waals surface area contributed by atoms with Crippen LogP contribution in [0.2, 0.25) is 0 Å². The van der Waals surface area contributed by atoms with Gasteiger partial charge >= 0.3 is 31.7 Å². The van der Waals surface area contributed by atoms with Gasteiger partial charge in [-0.15, -0.1) is 0 Å². The predicted molar refractivity (Wildman–Crippen MR) is 218 cm³/mol. The normalized spacial score (nSPS) is 24.3. The fourth-order valence-electron chi connectivity index (χ4n) is 6.71. The first-order valence-corrected chi connectivity index (χ1v) is 21.8. The number of esters is 3. The zero-order chi connectivity index (χ0) is 44.7. The van der Waals surface area contributed by atoms with Crippen LogP contribution in [0, 0.1) is 29.1 Å². The summed E-state index contributed by atoms with van der Waals surface area (Å²) in [5.41, 5.74) is 3.83. The van der Waals surface area contributed by atoms with E-state index in [-0.39, 0.29) is 35.8 Å². The number of nitrogens with two attached hydrogens (primary N) is 1. The Balaban J connectivity index is 1.37. The summed E-state index contributed by atoms with van der Waals surface area (Å²) in [5, 5.41) is 20.7. The summed E-state index contributed by atoms with van der Waals surface area (Å²) in [4.78, 5) is 56.1. The van der Waals surface area contributed by atoms with Gasteiger partial charge in [-0.3, -0.25) is 18.9 Å². The third kappa shape index (κ3) is 12.0. The Labute approximate surface area is 354 Å². The minimum atomic E-state index is -4.65. The molecule has 61 heavy (non-hydrogen) atoms. The van der Waals surface area contributed by atoms with E-state index in [4.69, 9.17) is 38.5 Å². The zero-order valence-electron chi connectivity index (χ0n) is 35.7. The van der Waals surface area contributed by atoms with Crippen LogP contribution in [0.3, 0.4) is 0 Å². The number of rotatable bonds is 16. The summed E-state index contributed by atoms with van der Waals surface area (Å²) in [7, 11) is -4.65. The molecule has 3 heterocycles. The number of para-hydroxylation sites is 1. The van der Waals surface area contributed by atoms with Crippen LogP contribution in [0.15, 0.2) is 48.8 Å². The molecule has 19 nitrogen and oxygen atoms in total. The number of anilines is 1. The monoisotopic (exact) mass is 869 g/mol. The van der Waals surface area contributed by atoms with E-state index in [1.54, 1.807) is 78.8 Å². The lowest BCUT2D eigenvalue weighted by molar-refractivity contribution is -0.173. The number of ether oxygens (including phenoxy) is 5. The number of carbonyl (C=O) groups excluding carboxylic acids is 4. The van der Waals surface area contributed by atoms with Crippen molar-refractivity contribution in [3.63, 3.8) is 0 Å². The highest BCUT2D eigenvalue weighted by molar-refractivity contribution is 7.52. The Morgan fingerprint density at radius 3 is 2.26 bits per heavy atom. The van der Waals surface area contributed by atoms with Crippen LogP contribution >= 0.6 is 7.75 Å². The third-order valence-electron chi connectivity index (χ3n) is 9.98. The number of hydrogen-bond acceptors (Lipinski definition) is 16. The maximum Gasteiger partial charge on any atom is 0.459 e. The Bertz CT molecular complexity index is 2110. The first-order valence-electron chi connectivity index (χ1n) is 20.2. The highest BCUT2D eigenvalue weighted by atomic mass is 31.2. The number of nitriles is 1. The second-order valence-corrected chi connectivity index (χ2v) is 18.5. The van der Waals surface area contributed by atoms with Crippen molar-refractivity contribution < 1.29 is 56.5 Å². The molecule has 4 N–H and O–H groups in total. The number of nitrogens with zero attached hydrogens (tertiary/aromatic N) is 4. The van der Waals surface area contributed by atoms with Crippen LogP contribution < -0.4 is 20.7 Å². The molecule has 5 rings (SSSR count). The molecule has 6 atom stereocenters. The van der Waals surface area contributed by atoms with Gasteiger partial charge in [-0.05, 0) is 83.6 Å². The second-order valence-electron chi connectivity index (χ2n) is 16.8. The maximum atomic E-state index is 14.7. The number of alkyl carbamates (subject to hydrolysis) is 1. The molecule has 0 radical (unpaired) electrons. The molecule has 1 aromatic carbocycles. The number of carbonyl (C=O) groups is 4. The Morgan fingerprint density at radius 1 is 0.984 bits per heavy atom. The lowest BCUT2D eigenvalue weighted by Crippen LogP contribution is -2.50. The lowest BCUT2D eigenvalue weighted by atomic mass is 9.86. The molecule has 1 aliphatic carbocycles. The quantitative estimate of drug-likeness (QED) is 0.0901. The Kier molecular flexibility index (Phi) is 15.0. The van der Waals surface area contributed by atoms with Crippen LogP contribution in [0.1, 0.15) is 92.9 Å². The van der Waals surface area contributed by atoms with Gasteiger partial charge in [-0.25, -0.2) is 18.9 Å². The average molecular weight is 870 g/mol. The van der Waals surface area contributed by atoms with Crippen LogP contribution in [0.4, 0.5) is 10.6 Å². The van der Waals surface area contributed by atoms with Gasteiger partial charge < -0.3 is 39.3 Å². The average Bonchev–Trinajstić information content (AvgIpc) is 3.76. The lowest BCUT2D eigenvalue weighted by Gasteiger charge is -2.31. The van der Waals surface area contributed by atoms with E-state index in [1.807, 2.05) is 6.07 Å². The summed E-state index contributed by atoms with van der Waals surface area (Å²) in [5.74, 6) is -3.29. The van der Waals surface area contributed by atoms with E-state index in [9.17, 15) is 29.0 Å². The molecule has 3 aromatic rings. The molecular formula is C41H56N7O12P. The summed E-state index contributed by atoms with van der Waals surface area (Å²) < 4.78 is 57.3. The molecule has 1 unspecified atom stereocenters. The predicted octanol–water partition coefficient (Wildman–Crippen LogP) is 5.59. The van der Waals surface area contributed by atoms with E-state index >= 15 is 0 Å². The minimum Gasteiger partial charge on any atom is -0.464 e. The fourth-order valence-corrected chi connectivity index (χ4v) is 8.23. The molecule has 2 aromatic heterocycles. The number of nitrogens with one attached hydrogen (secondary N) is 2. The van der Waals surface area contributed by atoms with Crippen molar-refractivity contribution in [2.75, 3.05) is 18.9 Å². The van der Waals surface area contributed by atoms with Crippen molar-refractivity contribution in [3.8, 4) is 11.8 Å². The molecule has 332 valence electrons. The van der Waals surface area contributed by atoms with Crippen molar-refractivity contribution in [3.05, 3.63) is 54.5 Å². The third-order valence-corrected chi connectivity index (χ3v) is 11.6. The Morgan fingerprint density at radius 2 is 1.64 bits per heavy atom. The summed E-state index contributed by atoms with van der Waals surface area (Å²) >= 11 is 0. The minimum absolute atomic E-state index is 0.0169. The van der Waals surface area contributed by atoms with Gasteiger partial charge in [0.2, 0.25) is 5.60 Å². The SMILES string of the molecule is CC(C)C(=O)O[C@H]1[C@H](c2ccc3c(N)ncnn23)O[C@](C#N)(COP(=O)(N[C@@H](C)C(=O)OCC2CCC(NC(=O)OC(C)(C)C)CC2)Oc2ccccc2)[C@H]1OC(=O)C(C)C. The number of aromatic nitrogens is 3. The van der Waals surface area contributed by atoms with Gasteiger partial charge in [0, 0.05) is 6.04 Å². The van der Waals surface area contributed by atoms with Crippen LogP contribution in [-0.4, -0.2) is 87.3 Å². The molecule has 0 bridgehead atoms. The maximum absolute atomic E-state index is 14.7.